The van der Waals surface area contributed by atoms with Crippen LogP contribution in [0.3, 0.4) is 0 Å². The van der Waals surface area contributed by atoms with E-state index in [-0.39, 0.29) is 117 Å². The van der Waals surface area contributed by atoms with Crippen molar-refractivity contribution in [1.29, 1.82) is 0 Å². The number of methoxy groups -OCH3 is 1. The van der Waals surface area contributed by atoms with Crippen LogP contribution in [0.15, 0.2) is 54.6 Å². The van der Waals surface area contributed by atoms with Gasteiger partial charge in [0.2, 0.25) is 59.1 Å². The molecule has 0 bridgehead atoms. The Balaban J connectivity index is 1.45. The third-order valence-corrected chi connectivity index (χ3v) is 18.0. The molecular weight excluding hydrogens is 1190 g/mol. The molecule has 93 heavy (non-hydrogen) atoms. The Morgan fingerprint density at radius 1 is 0.720 bits per heavy atom. The first kappa shape index (κ1) is 77.9. The summed E-state index contributed by atoms with van der Waals surface area (Å²) in [5.41, 5.74) is 6.67. The van der Waals surface area contributed by atoms with E-state index < -0.39 is 96.5 Å². The molecule has 2 fully saturated rings. The molecule has 4 rings (SSSR count). The highest BCUT2D eigenvalue weighted by atomic mass is 16.5. The number of carbonyl (C=O) groups excluding carboxylic acids is 11. The highest BCUT2D eigenvalue weighted by Crippen LogP contribution is 2.32. The van der Waals surface area contributed by atoms with Crippen molar-refractivity contribution in [2.45, 2.75) is 195 Å². The maximum atomic E-state index is 14.6. The quantitative estimate of drug-likeness (QED) is 0.0329. The number of imide groups is 1. The number of hydrogen-bond acceptors (Lipinski definition) is 14. The Morgan fingerprint density at radius 2 is 1.32 bits per heavy atom. The predicted octanol–water partition coefficient (Wildman–Crippen LogP) is 4.56. The number of hydrogen-bond donors (Lipinski definition) is 9. The van der Waals surface area contributed by atoms with Gasteiger partial charge in [-0.2, -0.15) is 0 Å². The molecule has 25 nitrogen and oxygen atoms in total. The normalized spacial score (nSPS) is 18.2. The number of urea groups is 1. The van der Waals surface area contributed by atoms with Crippen LogP contribution in [0.4, 0.5) is 16.2 Å². The number of unbranched alkanes of at least 4 members (excludes halogenated alkanes) is 2. The van der Waals surface area contributed by atoms with Gasteiger partial charge in [-0.15, -0.1) is 0 Å². The number of ether oxygens (including phenoxy) is 1. The van der Waals surface area contributed by atoms with Crippen molar-refractivity contribution >= 4 is 76.5 Å². The van der Waals surface area contributed by atoms with E-state index in [0.29, 0.717) is 56.4 Å². The first-order valence-electron chi connectivity index (χ1n) is 33.2. The number of nitrogens with zero attached hydrogens (tertiary/aromatic N) is 4. The van der Waals surface area contributed by atoms with Crippen molar-refractivity contribution in [3.8, 4) is 0 Å². The molecule has 0 saturated carbocycles. The minimum absolute atomic E-state index is 0.0209. The molecule has 518 valence electrons. The second-order valence-corrected chi connectivity index (χ2v) is 26.5. The fraction of sp³-hybridized carbons (Fsp3) is 0.662. The Hall–Kier alpha value is -7.51. The number of aliphatic hydroxyl groups excluding tert-OH is 1. The number of aliphatic hydroxyl groups is 1. The summed E-state index contributed by atoms with van der Waals surface area (Å²) in [5, 5.41) is 30.7. The summed E-state index contributed by atoms with van der Waals surface area (Å²) >= 11 is 0. The molecule has 10 N–H and O–H groups in total. The van der Waals surface area contributed by atoms with Crippen LogP contribution in [0.2, 0.25) is 0 Å². The summed E-state index contributed by atoms with van der Waals surface area (Å²) in [5.74, 6) is -6.55. The predicted molar refractivity (Wildman–Crippen MR) is 355 cm³/mol. The fourth-order valence-corrected chi connectivity index (χ4v) is 12.7. The van der Waals surface area contributed by atoms with Crippen LogP contribution in [0.25, 0.3) is 0 Å². The number of nitrogens with one attached hydrogen (secondary N) is 7. The molecule has 2 aliphatic rings. The van der Waals surface area contributed by atoms with E-state index in [1.807, 2.05) is 90.9 Å². The van der Waals surface area contributed by atoms with Gasteiger partial charge in [0.05, 0.1) is 24.1 Å². The van der Waals surface area contributed by atoms with Crippen LogP contribution in [0.1, 0.15) is 145 Å². The maximum Gasteiger partial charge on any atom is 0.312 e. The number of likely N-dealkylation sites (N-methyl/N-ethyl adjacent to an activating group) is 2. The number of likely N-dealkylation sites (tertiary alicyclic amines) is 2. The van der Waals surface area contributed by atoms with Crippen LogP contribution >= 0.6 is 0 Å². The van der Waals surface area contributed by atoms with Gasteiger partial charge in [0.1, 0.15) is 24.2 Å². The van der Waals surface area contributed by atoms with E-state index in [2.05, 4.69) is 37.2 Å². The number of rotatable bonds is 38. The van der Waals surface area contributed by atoms with E-state index >= 15 is 0 Å². The van der Waals surface area contributed by atoms with Gasteiger partial charge in [-0.3, -0.25) is 57.7 Å². The Bertz CT molecular complexity index is 2810. The molecule has 2 aromatic rings. The third kappa shape index (κ3) is 23.2. The zero-order chi connectivity index (χ0) is 69.4. The second kappa shape index (κ2) is 38.0. The third-order valence-electron chi connectivity index (χ3n) is 18.0. The molecule has 12 amide bonds. The van der Waals surface area contributed by atoms with Gasteiger partial charge in [0, 0.05) is 95.3 Å². The van der Waals surface area contributed by atoms with Gasteiger partial charge in [-0.25, -0.2) is 4.79 Å². The van der Waals surface area contributed by atoms with E-state index in [9.17, 15) is 57.8 Å². The van der Waals surface area contributed by atoms with Crippen molar-refractivity contribution in [3.05, 3.63) is 60.2 Å². The molecule has 0 spiro atoms. The van der Waals surface area contributed by atoms with Gasteiger partial charge in [-0.1, -0.05) is 112 Å². The first-order chi connectivity index (χ1) is 43.9. The lowest BCUT2D eigenvalue weighted by atomic mass is 9.83. The summed E-state index contributed by atoms with van der Waals surface area (Å²) in [6, 6.07) is 8.93. The van der Waals surface area contributed by atoms with E-state index in [1.54, 1.807) is 68.8 Å². The fourth-order valence-electron chi connectivity index (χ4n) is 12.7. The SMILES string of the molecule is CC[C@H](C)[C@@H]([C@H](CO)CC(=O)N1CCC[C@H]1[C@H](OC)[C@@H](C)C(=O)N[C@@H](Cc1ccccc1)C(=O)Nc1ccc(NC(=O)[C@H](CCCNC(N)=O)NC(=O)[C@@H](NC(=O)CCCCCN2C(=O)CC(C)C2=O)C(C)C)cc1)N(C)C(=O)[C@@H](NC(=O)[C@H](C(C)C)N(C)C)C(C)C. The van der Waals surface area contributed by atoms with Crippen molar-refractivity contribution < 1.29 is 62.6 Å². The van der Waals surface area contributed by atoms with Gasteiger partial charge in [0.15, 0.2) is 0 Å². The summed E-state index contributed by atoms with van der Waals surface area (Å²) in [6.07, 6.45) is 3.17. The molecule has 0 aliphatic carbocycles. The second-order valence-electron chi connectivity index (χ2n) is 26.5. The van der Waals surface area contributed by atoms with Crippen LogP contribution in [-0.4, -0.2) is 193 Å². The maximum absolute atomic E-state index is 14.6. The monoisotopic (exact) mass is 1300 g/mol. The van der Waals surface area contributed by atoms with Gasteiger partial charge < -0.3 is 62.6 Å². The minimum atomic E-state index is -1.13. The lowest BCUT2D eigenvalue weighted by Gasteiger charge is -2.41. The van der Waals surface area contributed by atoms with Crippen molar-refractivity contribution in [2.75, 3.05) is 65.1 Å². The Labute approximate surface area is 550 Å². The van der Waals surface area contributed by atoms with Crippen molar-refractivity contribution in [2.24, 2.45) is 47.2 Å². The number of amides is 12. The van der Waals surface area contributed by atoms with E-state index in [0.717, 1.165) is 5.56 Å². The van der Waals surface area contributed by atoms with Crippen LogP contribution in [0, 0.1) is 41.4 Å². The highest BCUT2D eigenvalue weighted by Gasteiger charge is 2.44. The average Bonchev–Trinajstić information content (AvgIpc) is 1.75. The number of anilines is 2. The van der Waals surface area contributed by atoms with Crippen LogP contribution < -0.4 is 43.0 Å². The molecule has 2 aliphatic heterocycles. The summed E-state index contributed by atoms with van der Waals surface area (Å²) < 4.78 is 6.06. The molecule has 0 aromatic heterocycles. The van der Waals surface area contributed by atoms with Crippen LogP contribution in [-0.2, 0) is 59.1 Å². The molecule has 2 saturated heterocycles. The van der Waals surface area contributed by atoms with Gasteiger partial charge >= 0.3 is 6.03 Å². The largest absolute Gasteiger partial charge is 0.396 e. The molecule has 1 unspecified atom stereocenters. The zero-order valence-corrected chi connectivity index (χ0v) is 57.4. The summed E-state index contributed by atoms with van der Waals surface area (Å²) in [6.45, 7) is 18.9. The topological polar surface area (TPSA) is 340 Å². The molecule has 25 heteroatoms. The number of carbonyl (C=O) groups is 11. The van der Waals surface area contributed by atoms with Crippen molar-refractivity contribution in [1.82, 2.24) is 46.2 Å². The molecular formula is C68H108N12O13. The van der Waals surface area contributed by atoms with E-state index in [1.165, 1.54) is 12.0 Å². The van der Waals surface area contributed by atoms with Crippen molar-refractivity contribution in [3.63, 3.8) is 0 Å². The lowest BCUT2D eigenvalue weighted by Crippen LogP contribution is -2.59. The Kier molecular flexibility index (Phi) is 31.8. The molecule has 2 heterocycles. The standard InChI is InChI=1S/C68H108N12O13/c1-15-43(8)59(78(13)67(91)57(41(4)5)76-65(89)58(42(6)7)77(11)12)47(39-81)38-55(84)79-35-23-27-52(79)60(93-14)45(10)61(85)74-51(37-46-24-18-16-19-25-46)63(87)72-49-31-29-48(30-32-49)71-62(86)50(26-22-33-70-68(69)92)73-64(88)56(40(2)3)75-53(82)28-20-17-21-34-80-54(83)36-44(9)66(80)90/h16,18-19,24-25,29-32,40-45,47,50-52,56-60,81H,15,17,20-23,26-28,33-39H2,1-14H3,(H,71,86)(H,72,87)(H,73,88)(H,74,85)(H,75,82)(H,76,89)(H3,69,70,92)/t43-,44?,45+,47-,50-,51-,52-,56-,57-,58-,59-,60+/m0/s1. The smallest absolute Gasteiger partial charge is 0.312 e. The van der Waals surface area contributed by atoms with Gasteiger partial charge in [0.25, 0.3) is 0 Å². The first-order valence-corrected chi connectivity index (χ1v) is 33.2. The number of benzene rings is 2. The number of primary amides is 1. The highest BCUT2D eigenvalue weighted by molar-refractivity contribution is 6.03. The molecule has 12 atom stereocenters. The minimum Gasteiger partial charge on any atom is -0.396 e. The molecule has 0 radical (unpaired) electrons. The van der Waals surface area contributed by atoms with Gasteiger partial charge in [-0.05, 0) is 106 Å². The van der Waals surface area contributed by atoms with Crippen LogP contribution in [0.5, 0.6) is 0 Å². The summed E-state index contributed by atoms with van der Waals surface area (Å²) in [4.78, 5) is 155. The Morgan fingerprint density at radius 3 is 1.85 bits per heavy atom. The molecule has 2 aromatic carbocycles. The van der Waals surface area contributed by atoms with E-state index in [4.69, 9.17) is 10.5 Å². The summed E-state index contributed by atoms with van der Waals surface area (Å²) in [7, 11) is 6.79. The average molecular weight is 1300 g/mol. The lowest BCUT2D eigenvalue weighted by molar-refractivity contribution is -0.145. The number of nitrogens with two attached hydrogens (primary N) is 1. The zero-order valence-electron chi connectivity index (χ0n) is 57.4.